The Bertz CT molecular complexity index is 632. The lowest BCUT2D eigenvalue weighted by atomic mass is 10.1. The standard InChI is InChI=1S/C20H25N3O/c24-20(22-14-16-8-4-3-5-9-16)19-13-12-18(15-21-19)23-17-10-6-1-2-7-11-17/h3-5,8-9,12-13,15,17,23H,1-2,6-7,10-11,14H2,(H,22,24). The summed E-state index contributed by atoms with van der Waals surface area (Å²) in [4.78, 5) is 16.5. The van der Waals surface area contributed by atoms with Crippen molar-refractivity contribution in [3.8, 4) is 0 Å². The number of nitrogens with one attached hydrogen (secondary N) is 2. The van der Waals surface area contributed by atoms with Gasteiger partial charge in [0, 0.05) is 12.6 Å². The van der Waals surface area contributed by atoms with E-state index in [-0.39, 0.29) is 5.91 Å². The number of amides is 1. The summed E-state index contributed by atoms with van der Waals surface area (Å²) in [5.41, 5.74) is 2.54. The topological polar surface area (TPSA) is 54.0 Å². The zero-order valence-electron chi connectivity index (χ0n) is 14.0. The monoisotopic (exact) mass is 323 g/mol. The van der Waals surface area contributed by atoms with E-state index in [9.17, 15) is 4.79 Å². The molecule has 1 amide bonds. The summed E-state index contributed by atoms with van der Waals surface area (Å²) in [5, 5.41) is 6.45. The lowest BCUT2D eigenvalue weighted by molar-refractivity contribution is 0.0946. The molecule has 1 fully saturated rings. The highest BCUT2D eigenvalue weighted by Gasteiger charge is 2.12. The van der Waals surface area contributed by atoms with Crippen LogP contribution in [0.4, 0.5) is 5.69 Å². The molecule has 3 rings (SSSR count). The van der Waals surface area contributed by atoms with Crippen LogP contribution in [0, 0.1) is 0 Å². The van der Waals surface area contributed by atoms with Gasteiger partial charge in [-0.1, -0.05) is 56.0 Å². The van der Waals surface area contributed by atoms with Gasteiger partial charge in [-0.2, -0.15) is 0 Å². The van der Waals surface area contributed by atoms with Crippen molar-refractivity contribution < 1.29 is 4.79 Å². The van der Waals surface area contributed by atoms with Gasteiger partial charge in [-0.15, -0.1) is 0 Å². The predicted octanol–water partition coefficient (Wildman–Crippen LogP) is 4.15. The molecule has 0 aliphatic heterocycles. The molecule has 1 aromatic heterocycles. The molecule has 1 aliphatic carbocycles. The summed E-state index contributed by atoms with van der Waals surface area (Å²) in [6, 6.07) is 14.2. The van der Waals surface area contributed by atoms with Crippen LogP contribution in [0.3, 0.4) is 0 Å². The van der Waals surface area contributed by atoms with Crippen LogP contribution < -0.4 is 10.6 Å². The minimum Gasteiger partial charge on any atom is -0.381 e. The molecule has 1 heterocycles. The highest BCUT2D eigenvalue weighted by Crippen LogP contribution is 2.20. The Morgan fingerprint density at radius 3 is 2.42 bits per heavy atom. The van der Waals surface area contributed by atoms with Crippen molar-refractivity contribution in [2.45, 2.75) is 51.1 Å². The van der Waals surface area contributed by atoms with Crippen molar-refractivity contribution in [2.24, 2.45) is 0 Å². The largest absolute Gasteiger partial charge is 0.381 e. The first kappa shape index (κ1) is 16.5. The number of carbonyl (C=O) groups excluding carboxylic acids is 1. The van der Waals surface area contributed by atoms with E-state index in [2.05, 4.69) is 15.6 Å². The van der Waals surface area contributed by atoms with Gasteiger partial charge >= 0.3 is 0 Å². The molecule has 1 aromatic carbocycles. The SMILES string of the molecule is O=C(NCc1ccccc1)c1ccc(NC2CCCCCC2)cn1. The van der Waals surface area contributed by atoms with Gasteiger partial charge in [0.1, 0.15) is 5.69 Å². The Labute approximate surface area is 143 Å². The van der Waals surface area contributed by atoms with Crippen LogP contribution in [0.15, 0.2) is 48.7 Å². The number of benzene rings is 1. The van der Waals surface area contributed by atoms with E-state index in [1.807, 2.05) is 36.4 Å². The molecule has 0 radical (unpaired) electrons. The predicted molar refractivity (Wildman–Crippen MR) is 97.0 cm³/mol. The maximum atomic E-state index is 12.2. The fraction of sp³-hybridized carbons (Fsp3) is 0.400. The molecule has 4 nitrogen and oxygen atoms in total. The lowest BCUT2D eigenvalue weighted by Crippen LogP contribution is -2.24. The number of hydrogen-bond acceptors (Lipinski definition) is 3. The van der Waals surface area contributed by atoms with Crippen LogP contribution in [-0.2, 0) is 6.54 Å². The Kier molecular flexibility index (Phi) is 5.83. The fourth-order valence-electron chi connectivity index (χ4n) is 3.14. The maximum absolute atomic E-state index is 12.2. The Morgan fingerprint density at radius 1 is 1.00 bits per heavy atom. The van der Waals surface area contributed by atoms with E-state index in [1.165, 1.54) is 38.5 Å². The van der Waals surface area contributed by atoms with Gasteiger partial charge in [-0.05, 0) is 30.5 Å². The van der Waals surface area contributed by atoms with Gasteiger partial charge in [0.15, 0.2) is 0 Å². The van der Waals surface area contributed by atoms with E-state index in [0.717, 1.165) is 11.3 Å². The molecular weight excluding hydrogens is 298 g/mol. The van der Waals surface area contributed by atoms with Crippen molar-refractivity contribution in [1.29, 1.82) is 0 Å². The third-order valence-electron chi connectivity index (χ3n) is 4.52. The number of hydrogen-bond donors (Lipinski definition) is 2. The molecule has 0 unspecified atom stereocenters. The molecule has 2 N–H and O–H groups in total. The third-order valence-corrected chi connectivity index (χ3v) is 4.52. The Morgan fingerprint density at radius 2 is 1.75 bits per heavy atom. The van der Waals surface area contributed by atoms with Crippen LogP contribution in [0.1, 0.15) is 54.6 Å². The molecule has 1 aliphatic rings. The van der Waals surface area contributed by atoms with Crippen molar-refractivity contribution >= 4 is 11.6 Å². The molecular formula is C20H25N3O. The number of nitrogens with zero attached hydrogens (tertiary/aromatic N) is 1. The molecule has 2 aromatic rings. The van der Waals surface area contributed by atoms with E-state index in [0.29, 0.717) is 18.3 Å². The van der Waals surface area contributed by atoms with Gasteiger partial charge in [0.25, 0.3) is 5.91 Å². The Hall–Kier alpha value is -2.36. The molecule has 0 atom stereocenters. The van der Waals surface area contributed by atoms with Gasteiger partial charge < -0.3 is 10.6 Å². The minimum atomic E-state index is -0.139. The minimum absolute atomic E-state index is 0.139. The smallest absolute Gasteiger partial charge is 0.270 e. The number of carbonyl (C=O) groups is 1. The molecule has 1 saturated carbocycles. The van der Waals surface area contributed by atoms with Crippen molar-refractivity contribution in [3.63, 3.8) is 0 Å². The van der Waals surface area contributed by atoms with E-state index >= 15 is 0 Å². The summed E-state index contributed by atoms with van der Waals surface area (Å²) in [6.07, 6.45) is 9.49. The summed E-state index contributed by atoms with van der Waals surface area (Å²) in [6.45, 7) is 0.517. The van der Waals surface area contributed by atoms with Crippen molar-refractivity contribution in [3.05, 3.63) is 59.9 Å². The summed E-state index contributed by atoms with van der Waals surface area (Å²) in [7, 11) is 0. The van der Waals surface area contributed by atoms with E-state index < -0.39 is 0 Å². The lowest BCUT2D eigenvalue weighted by Gasteiger charge is -2.17. The molecule has 0 bridgehead atoms. The second kappa shape index (κ2) is 8.48. The highest BCUT2D eigenvalue weighted by atomic mass is 16.1. The van der Waals surface area contributed by atoms with E-state index in [4.69, 9.17) is 0 Å². The average Bonchev–Trinajstić information content (AvgIpc) is 2.90. The fourth-order valence-corrected chi connectivity index (χ4v) is 3.14. The number of pyridine rings is 1. The second-order valence-electron chi connectivity index (χ2n) is 6.43. The van der Waals surface area contributed by atoms with Crippen LogP contribution in [0.25, 0.3) is 0 Å². The number of aromatic nitrogens is 1. The summed E-state index contributed by atoms with van der Waals surface area (Å²) >= 11 is 0. The summed E-state index contributed by atoms with van der Waals surface area (Å²) in [5.74, 6) is -0.139. The average molecular weight is 323 g/mol. The summed E-state index contributed by atoms with van der Waals surface area (Å²) < 4.78 is 0. The quantitative estimate of drug-likeness (QED) is 0.813. The first-order chi connectivity index (χ1) is 11.8. The Balaban J connectivity index is 1.52. The van der Waals surface area contributed by atoms with Crippen LogP contribution in [-0.4, -0.2) is 16.9 Å². The van der Waals surface area contributed by atoms with Crippen LogP contribution >= 0.6 is 0 Å². The van der Waals surface area contributed by atoms with Gasteiger partial charge in [0.05, 0.1) is 11.9 Å². The highest BCUT2D eigenvalue weighted by molar-refractivity contribution is 5.92. The molecule has 0 saturated heterocycles. The van der Waals surface area contributed by atoms with Crippen LogP contribution in [0.5, 0.6) is 0 Å². The molecule has 4 heteroatoms. The van der Waals surface area contributed by atoms with Crippen molar-refractivity contribution in [2.75, 3.05) is 5.32 Å². The molecule has 0 spiro atoms. The van der Waals surface area contributed by atoms with Gasteiger partial charge in [-0.25, -0.2) is 4.98 Å². The van der Waals surface area contributed by atoms with Gasteiger partial charge in [0.2, 0.25) is 0 Å². The van der Waals surface area contributed by atoms with Crippen molar-refractivity contribution in [1.82, 2.24) is 10.3 Å². The second-order valence-corrected chi connectivity index (χ2v) is 6.43. The number of anilines is 1. The normalized spacial score (nSPS) is 15.5. The zero-order valence-corrected chi connectivity index (χ0v) is 14.0. The first-order valence-electron chi connectivity index (χ1n) is 8.86. The zero-order chi connectivity index (χ0) is 16.6. The first-order valence-corrected chi connectivity index (χ1v) is 8.86. The molecule has 24 heavy (non-hydrogen) atoms. The number of rotatable bonds is 5. The van der Waals surface area contributed by atoms with E-state index in [1.54, 1.807) is 12.3 Å². The van der Waals surface area contributed by atoms with Gasteiger partial charge in [-0.3, -0.25) is 4.79 Å². The van der Waals surface area contributed by atoms with Crippen LogP contribution in [0.2, 0.25) is 0 Å². The third kappa shape index (κ3) is 4.82. The maximum Gasteiger partial charge on any atom is 0.270 e. The molecule has 126 valence electrons.